The standard InChI is InChI=1S/C5H10O3SSi/c1-5(3-2-4-10)9(6,7)8/h5H,3H2,1,10H3,(H,6,7,8). The molecule has 1 N–H and O–H groups in total. The molecule has 0 fully saturated rings. The van der Waals surface area contributed by atoms with Gasteiger partial charge in [-0.1, -0.05) is 0 Å². The molecule has 1 atom stereocenters. The second-order valence-corrected chi connectivity index (χ2v) is 4.29. The first-order chi connectivity index (χ1) is 4.48. The fourth-order valence-corrected chi connectivity index (χ4v) is 0.849. The number of hydrogen-bond acceptors (Lipinski definition) is 2. The Morgan fingerprint density at radius 2 is 2.20 bits per heavy atom. The van der Waals surface area contributed by atoms with Gasteiger partial charge in [0.15, 0.2) is 0 Å². The smallest absolute Gasteiger partial charge is 0.268 e. The molecule has 0 spiro atoms. The summed E-state index contributed by atoms with van der Waals surface area (Å²) < 4.78 is 29.1. The molecule has 0 aromatic heterocycles. The van der Waals surface area contributed by atoms with Gasteiger partial charge in [-0.2, -0.15) is 8.42 Å². The Balaban J connectivity index is 4.08. The summed E-state index contributed by atoms with van der Waals surface area (Å²) in [6.07, 6.45) is 0.225. The normalized spacial score (nSPS) is 13.8. The Labute approximate surface area is 64.0 Å². The maximum atomic E-state index is 10.3. The summed E-state index contributed by atoms with van der Waals surface area (Å²) in [7, 11) is -3.12. The predicted octanol–water partition coefficient (Wildman–Crippen LogP) is -1.02. The van der Waals surface area contributed by atoms with Crippen molar-refractivity contribution >= 4 is 20.4 Å². The van der Waals surface area contributed by atoms with Gasteiger partial charge in [-0.15, -0.1) is 11.5 Å². The van der Waals surface area contributed by atoms with Crippen LogP contribution < -0.4 is 0 Å². The first-order valence-corrected chi connectivity index (χ1v) is 5.34. The van der Waals surface area contributed by atoms with Crippen molar-refractivity contribution in [1.82, 2.24) is 0 Å². The minimum absolute atomic E-state index is 0.225. The van der Waals surface area contributed by atoms with Crippen LogP contribution in [-0.4, -0.2) is 28.5 Å². The monoisotopic (exact) mass is 178 g/mol. The zero-order valence-electron chi connectivity index (χ0n) is 5.96. The molecule has 0 aliphatic rings. The van der Waals surface area contributed by atoms with Gasteiger partial charge in [-0.05, 0) is 6.92 Å². The molecule has 0 aliphatic carbocycles. The maximum Gasteiger partial charge on any atom is 0.268 e. The zero-order valence-corrected chi connectivity index (χ0v) is 8.77. The van der Waals surface area contributed by atoms with Crippen LogP contribution in [0.5, 0.6) is 0 Å². The highest BCUT2D eigenvalue weighted by molar-refractivity contribution is 7.86. The number of rotatable bonds is 2. The van der Waals surface area contributed by atoms with E-state index in [4.69, 9.17) is 4.55 Å². The molecule has 58 valence electrons. The van der Waals surface area contributed by atoms with Crippen molar-refractivity contribution in [3.8, 4) is 11.5 Å². The summed E-state index contributed by atoms with van der Waals surface area (Å²) in [5, 5.41) is -0.756. The molecular formula is C5H10O3SSi. The van der Waals surface area contributed by atoms with Gasteiger partial charge in [0.25, 0.3) is 10.1 Å². The average Bonchev–Trinajstić information content (AvgIpc) is 1.80. The average molecular weight is 178 g/mol. The summed E-state index contributed by atoms with van der Waals surface area (Å²) in [6, 6.07) is 0. The van der Waals surface area contributed by atoms with Gasteiger partial charge < -0.3 is 0 Å². The molecule has 0 amide bonds. The van der Waals surface area contributed by atoms with E-state index in [1.54, 1.807) is 0 Å². The highest BCUT2D eigenvalue weighted by atomic mass is 32.2. The zero-order chi connectivity index (χ0) is 8.20. The van der Waals surface area contributed by atoms with E-state index >= 15 is 0 Å². The van der Waals surface area contributed by atoms with Crippen molar-refractivity contribution in [2.45, 2.75) is 18.6 Å². The first-order valence-electron chi connectivity index (χ1n) is 2.84. The lowest BCUT2D eigenvalue weighted by molar-refractivity contribution is 0.471. The van der Waals surface area contributed by atoms with Crippen molar-refractivity contribution in [1.29, 1.82) is 0 Å². The third-order valence-corrected chi connectivity index (χ3v) is 2.61. The predicted molar refractivity (Wildman–Crippen MR) is 43.3 cm³/mol. The lowest BCUT2D eigenvalue weighted by Crippen LogP contribution is -2.15. The van der Waals surface area contributed by atoms with Crippen molar-refractivity contribution < 1.29 is 13.0 Å². The molecule has 1 unspecified atom stereocenters. The van der Waals surface area contributed by atoms with E-state index in [1.165, 1.54) is 6.92 Å². The molecule has 0 rings (SSSR count). The fraction of sp³-hybridized carbons (Fsp3) is 0.600. The minimum Gasteiger partial charge on any atom is -0.285 e. The van der Waals surface area contributed by atoms with Crippen molar-refractivity contribution in [3.63, 3.8) is 0 Å². The maximum absolute atomic E-state index is 10.3. The van der Waals surface area contributed by atoms with Gasteiger partial charge >= 0.3 is 0 Å². The Morgan fingerprint density at radius 1 is 1.70 bits per heavy atom. The highest BCUT2D eigenvalue weighted by Crippen LogP contribution is 2.00. The molecule has 0 aliphatic heterocycles. The summed E-state index contributed by atoms with van der Waals surface area (Å²) in [6.45, 7) is 1.43. The molecule has 0 saturated heterocycles. The molecule has 0 aromatic carbocycles. The van der Waals surface area contributed by atoms with Crippen LogP contribution in [0, 0.1) is 11.5 Å². The second-order valence-electron chi connectivity index (χ2n) is 1.96. The largest absolute Gasteiger partial charge is 0.285 e. The third kappa shape index (κ3) is 3.66. The van der Waals surface area contributed by atoms with Crippen LogP contribution in [-0.2, 0) is 10.1 Å². The van der Waals surface area contributed by atoms with Gasteiger partial charge in [-0.25, -0.2) is 0 Å². The SMILES string of the molecule is CC(CC#C[SiH3])S(=O)(=O)O. The Morgan fingerprint density at radius 3 is 2.50 bits per heavy atom. The summed E-state index contributed by atoms with van der Waals surface area (Å²) in [5.74, 6) is 2.63. The molecular weight excluding hydrogens is 168 g/mol. The summed E-state index contributed by atoms with van der Waals surface area (Å²) in [4.78, 5) is 0. The minimum atomic E-state index is -3.86. The van der Waals surface area contributed by atoms with E-state index in [9.17, 15) is 8.42 Å². The van der Waals surface area contributed by atoms with Gasteiger partial charge in [-0.3, -0.25) is 4.55 Å². The molecule has 0 radical (unpaired) electrons. The molecule has 10 heavy (non-hydrogen) atoms. The molecule has 5 heteroatoms. The van der Waals surface area contributed by atoms with Crippen molar-refractivity contribution in [2.75, 3.05) is 0 Å². The highest BCUT2D eigenvalue weighted by Gasteiger charge is 2.14. The summed E-state index contributed by atoms with van der Waals surface area (Å²) >= 11 is 0. The van der Waals surface area contributed by atoms with Crippen LogP contribution in [0.25, 0.3) is 0 Å². The molecule has 0 aromatic rings. The second kappa shape index (κ2) is 3.76. The van der Waals surface area contributed by atoms with Crippen LogP contribution in [0.15, 0.2) is 0 Å². The topological polar surface area (TPSA) is 54.4 Å². The first kappa shape index (κ1) is 9.69. The van der Waals surface area contributed by atoms with Gasteiger partial charge in [0.2, 0.25) is 0 Å². The Bertz CT molecular complexity index is 246. The Hall–Kier alpha value is -0.313. The van der Waals surface area contributed by atoms with Crippen LogP contribution in [0.2, 0.25) is 0 Å². The lowest BCUT2D eigenvalue weighted by Gasteiger charge is -2.00. The van der Waals surface area contributed by atoms with Crippen molar-refractivity contribution in [3.05, 3.63) is 0 Å². The number of hydrogen-bond donors (Lipinski definition) is 1. The summed E-state index contributed by atoms with van der Waals surface area (Å²) in [5.41, 5.74) is 2.68. The van der Waals surface area contributed by atoms with Gasteiger partial charge in [0, 0.05) is 6.42 Å². The van der Waals surface area contributed by atoms with E-state index in [0.717, 1.165) is 10.2 Å². The van der Waals surface area contributed by atoms with Gasteiger partial charge in [0.1, 0.15) is 0 Å². The van der Waals surface area contributed by atoms with Crippen LogP contribution in [0.1, 0.15) is 13.3 Å². The van der Waals surface area contributed by atoms with Crippen molar-refractivity contribution in [2.24, 2.45) is 0 Å². The molecule has 3 nitrogen and oxygen atoms in total. The van der Waals surface area contributed by atoms with E-state index in [1.807, 2.05) is 0 Å². The van der Waals surface area contributed by atoms with Crippen LogP contribution in [0.3, 0.4) is 0 Å². The van der Waals surface area contributed by atoms with Crippen LogP contribution in [0.4, 0.5) is 0 Å². The lowest BCUT2D eigenvalue weighted by atomic mass is 10.3. The van der Waals surface area contributed by atoms with E-state index < -0.39 is 15.4 Å². The van der Waals surface area contributed by atoms with Crippen LogP contribution >= 0.6 is 0 Å². The van der Waals surface area contributed by atoms with E-state index in [2.05, 4.69) is 11.5 Å². The third-order valence-electron chi connectivity index (χ3n) is 1.07. The van der Waals surface area contributed by atoms with E-state index in [0.29, 0.717) is 0 Å². The quantitative estimate of drug-likeness (QED) is 0.334. The Kier molecular flexibility index (Phi) is 3.64. The molecule has 0 heterocycles. The molecule has 0 saturated carbocycles. The molecule has 0 bridgehead atoms. The fourth-order valence-electron chi connectivity index (χ4n) is 0.351. The van der Waals surface area contributed by atoms with E-state index in [-0.39, 0.29) is 6.42 Å². The van der Waals surface area contributed by atoms with Gasteiger partial charge in [0.05, 0.1) is 15.5 Å².